The predicted molar refractivity (Wildman–Crippen MR) is 104 cm³/mol. The molecule has 2 saturated carbocycles. The van der Waals surface area contributed by atoms with Crippen LogP contribution in [0.5, 0.6) is 5.88 Å². The van der Waals surface area contributed by atoms with Crippen molar-refractivity contribution in [3.8, 4) is 5.88 Å². The molecule has 2 aliphatic rings. The van der Waals surface area contributed by atoms with E-state index in [1.807, 2.05) is 18.2 Å². The number of nitrogens with one attached hydrogen (secondary N) is 3. The van der Waals surface area contributed by atoms with Crippen LogP contribution < -0.4 is 20.7 Å². The lowest BCUT2D eigenvalue weighted by Gasteiger charge is -2.13. The molecule has 0 unspecified atom stereocenters. The van der Waals surface area contributed by atoms with E-state index in [-0.39, 0.29) is 18.1 Å². The maximum absolute atomic E-state index is 12.5. The van der Waals surface area contributed by atoms with Gasteiger partial charge in [-0.2, -0.15) is 9.61 Å². The van der Waals surface area contributed by atoms with Crippen molar-refractivity contribution >= 4 is 28.9 Å². The van der Waals surface area contributed by atoms with Gasteiger partial charge >= 0.3 is 0 Å². The molecule has 0 bridgehead atoms. The van der Waals surface area contributed by atoms with Gasteiger partial charge in [-0.1, -0.05) is 0 Å². The van der Waals surface area contributed by atoms with E-state index in [9.17, 15) is 4.79 Å². The molecule has 144 valence electrons. The summed E-state index contributed by atoms with van der Waals surface area (Å²) in [6.45, 7) is 0. The number of aromatic nitrogens is 4. The lowest BCUT2D eigenvalue weighted by molar-refractivity contribution is 0.0952. The van der Waals surface area contributed by atoms with Gasteiger partial charge in [0.25, 0.3) is 5.91 Å². The summed E-state index contributed by atoms with van der Waals surface area (Å²) < 4.78 is 7.49. The summed E-state index contributed by atoms with van der Waals surface area (Å²) in [5.41, 5.74) is 1.67. The minimum absolute atomic E-state index is 0.150. The second kappa shape index (κ2) is 6.66. The molecule has 0 aromatic carbocycles. The highest BCUT2D eigenvalue weighted by molar-refractivity contribution is 6.00. The number of pyridine rings is 1. The van der Waals surface area contributed by atoms with Crippen LogP contribution in [0.25, 0.3) is 5.65 Å². The Kier molecular flexibility index (Phi) is 4.00. The first kappa shape index (κ1) is 16.8. The summed E-state index contributed by atoms with van der Waals surface area (Å²) in [4.78, 5) is 21.5. The second-order valence-corrected chi connectivity index (χ2v) is 7.12. The van der Waals surface area contributed by atoms with Crippen LogP contribution >= 0.6 is 0 Å². The zero-order valence-electron chi connectivity index (χ0n) is 15.5. The quantitative estimate of drug-likeness (QED) is 0.579. The van der Waals surface area contributed by atoms with Crippen molar-refractivity contribution in [3.05, 3.63) is 36.2 Å². The van der Waals surface area contributed by atoms with Gasteiger partial charge in [0.1, 0.15) is 29.0 Å². The molecule has 0 spiro atoms. The Morgan fingerprint density at radius 2 is 2.14 bits per heavy atom. The zero-order chi connectivity index (χ0) is 19.1. The van der Waals surface area contributed by atoms with Crippen LogP contribution in [0.1, 0.15) is 36.0 Å². The summed E-state index contributed by atoms with van der Waals surface area (Å²) in [6.07, 6.45) is 7.66. The van der Waals surface area contributed by atoms with Crippen LogP contribution in [0.3, 0.4) is 0 Å². The van der Waals surface area contributed by atoms with Crippen molar-refractivity contribution in [2.75, 3.05) is 17.7 Å². The first-order valence-corrected chi connectivity index (χ1v) is 9.47. The van der Waals surface area contributed by atoms with Crippen LogP contribution in [0.4, 0.5) is 17.3 Å². The van der Waals surface area contributed by atoms with Crippen LogP contribution in [-0.2, 0) is 0 Å². The van der Waals surface area contributed by atoms with Gasteiger partial charge in [-0.3, -0.25) is 4.79 Å². The van der Waals surface area contributed by atoms with E-state index in [4.69, 9.17) is 4.74 Å². The fourth-order valence-corrected chi connectivity index (χ4v) is 2.92. The molecule has 5 rings (SSSR count). The summed E-state index contributed by atoms with van der Waals surface area (Å²) in [7, 11) is 1.80. The molecule has 3 aromatic heterocycles. The SMILES string of the molecule is CNc1cc(Nc2cccnc2OC2CC2)nc2c(C(=O)NC3CC3)cnn12. The standard InChI is InChI=1S/C19H21N7O2/c1-20-16-9-15(24-14-3-2-8-21-19(14)28-12-6-7-12)25-17-13(10-22-26(16)17)18(27)23-11-4-5-11/h2-3,8-12,20H,4-7H2,1H3,(H,23,27)(H,24,25). The molecule has 3 heterocycles. The zero-order valence-corrected chi connectivity index (χ0v) is 15.5. The molecule has 2 aliphatic carbocycles. The summed E-state index contributed by atoms with van der Waals surface area (Å²) >= 11 is 0. The average Bonchev–Trinajstić information content (AvgIpc) is 3.63. The normalized spacial score (nSPS) is 16.0. The Bertz CT molecular complexity index is 1040. The molecule has 2 fully saturated rings. The minimum Gasteiger partial charge on any atom is -0.473 e. The van der Waals surface area contributed by atoms with Crippen LogP contribution in [-0.4, -0.2) is 44.7 Å². The van der Waals surface area contributed by atoms with Gasteiger partial charge in [0.2, 0.25) is 5.88 Å². The van der Waals surface area contributed by atoms with Gasteiger partial charge in [-0.05, 0) is 37.8 Å². The van der Waals surface area contributed by atoms with Crippen molar-refractivity contribution in [3.63, 3.8) is 0 Å². The highest BCUT2D eigenvalue weighted by atomic mass is 16.5. The first-order chi connectivity index (χ1) is 13.7. The van der Waals surface area contributed by atoms with E-state index < -0.39 is 0 Å². The molecule has 9 nitrogen and oxygen atoms in total. The fraction of sp³-hybridized carbons (Fsp3) is 0.368. The van der Waals surface area contributed by atoms with Gasteiger partial charge in [-0.15, -0.1) is 0 Å². The van der Waals surface area contributed by atoms with E-state index in [1.54, 1.807) is 24.0 Å². The van der Waals surface area contributed by atoms with Gasteiger partial charge in [-0.25, -0.2) is 9.97 Å². The average molecular weight is 379 g/mol. The van der Waals surface area contributed by atoms with E-state index in [0.717, 1.165) is 31.4 Å². The third kappa shape index (κ3) is 3.30. The molecule has 0 atom stereocenters. The highest BCUT2D eigenvalue weighted by Crippen LogP contribution is 2.32. The molecule has 3 aromatic rings. The third-order valence-electron chi connectivity index (χ3n) is 4.72. The van der Waals surface area contributed by atoms with Gasteiger partial charge in [0, 0.05) is 25.4 Å². The topological polar surface area (TPSA) is 105 Å². The minimum atomic E-state index is -0.150. The second-order valence-electron chi connectivity index (χ2n) is 7.12. The highest BCUT2D eigenvalue weighted by Gasteiger charge is 2.27. The number of nitrogens with zero attached hydrogens (tertiary/aromatic N) is 4. The Morgan fingerprint density at radius 1 is 1.29 bits per heavy atom. The lowest BCUT2D eigenvalue weighted by atomic mass is 10.3. The number of fused-ring (bicyclic) bond motifs is 1. The van der Waals surface area contributed by atoms with Crippen molar-refractivity contribution in [2.45, 2.75) is 37.8 Å². The molecule has 0 radical (unpaired) electrons. The van der Waals surface area contributed by atoms with Crippen LogP contribution in [0.2, 0.25) is 0 Å². The number of anilines is 3. The molecule has 0 saturated heterocycles. The predicted octanol–water partition coefficient (Wildman–Crippen LogP) is 2.34. The van der Waals surface area contributed by atoms with Crippen molar-refractivity contribution in [1.29, 1.82) is 0 Å². The number of carbonyl (C=O) groups excluding carboxylic acids is 1. The largest absolute Gasteiger partial charge is 0.473 e. The van der Waals surface area contributed by atoms with E-state index in [1.165, 1.54) is 0 Å². The monoisotopic (exact) mass is 379 g/mol. The molecule has 3 N–H and O–H groups in total. The molecule has 9 heteroatoms. The van der Waals surface area contributed by atoms with Gasteiger partial charge in [0.15, 0.2) is 5.65 Å². The van der Waals surface area contributed by atoms with Crippen molar-refractivity contribution < 1.29 is 9.53 Å². The number of hydrogen-bond acceptors (Lipinski definition) is 7. The Hall–Kier alpha value is -3.36. The lowest BCUT2D eigenvalue weighted by Crippen LogP contribution is -2.25. The Labute approximate surface area is 161 Å². The number of ether oxygens (including phenoxy) is 1. The summed E-state index contributed by atoms with van der Waals surface area (Å²) in [5.74, 6) is 1.69. The number of hydrogen-bond donors (Lipinski definition) is 3. The number of carbonyl (C=O) groups is 1. The molecule has 0 aliphatic heterocycles. The Balaban J connectivity index is 1.50. The van der Waals surface area contributed by atoms with Gasteiger partial charge < -0.3 is 20.7 Å². The first-order valence-electron chi connectivity index (χ1n) is 9.47. The van der Waals surface area contributed by atoms with E-state index >= 15 is 0 Å². The Morgan fingerprint density at radius 3 is 2.89 bits per heavy atom. The molecular weight excluding hydrogens is 358 g/mol. The summed E-state index contributed by atoms with van der Waals surface area (Å²) in [5, 5.41) is 13.7. The van der Waals surface area contributed by atoms with Crippen LogP contribution in [0, 0.1) is 0 Å². The summed E-state index contributed by atoms with van der Waals surface area (Å²) in [6, 6.07) is 5.83. The maximum Gasteiger partial charge on any atom is 0.256 e. The van der Waals surface area contributed by atoms with Gasteiger partial charge in [0.05, 0.1) is 6.20 Å². The number of rotatable bonds is 7. The smallest absolute Gasteiger partial charge is 0.256 e. The van der Waals surface area contributed by atoms with E-state index in [0.29, 0.717) is 28.7 Å². The van der Waals surface area contributed by atoms with Crippen LogP contribution in [0.15, 0.2) is 30.6 Å². The van der Waals surface area contributed by atoms with E-state index in [2.05, 4.69) is 31.0 Å². The van der Waals surface area contributed by atoms with Crippen molar-refractivity contribution in [2.24, 2.45) is 0 Å². The fourth-order valence-electron chi connectivity index (χ4n) is 2.92. The van der Waals surface area contributed by atoms with Crippen molar-refractivity contribution in [1.82, 2.24) is 24.9 Å². The number of amides is 1. The molecule has 1 amide bonds. The third-order valence-corrected chi connectivity index (χ3v) is 4.72. The molecular formula is C19H21N7O2. The molecule has 28 heavy (non-hydrogen) atoms. The maximum atomic E-state index is 12.5.